The molecule has 3 heterocycles. The van der Waals surface area contributed by atoms with E-state index in [2.05, 4.69) is 24.7 Å². The molecule has 0 amide bonds. The molecule has 1 unspecified atom stereocenters. The second-order valence-electron chi connectivity index (χ2n) is 8.12. The van der Waals surface area contributed by atoms with Crippen molar-refractivity contribution in [3.63, 3.8) is 0 Å². The summed E-state index contributed by atoms with van der Waals surface area (Å²) >= 11 is 0. The lowest BCUT2D eigenvalue weighted by molar-refractivity contribution is -0.153. The van der Waals surface area contributed by atoms with Crippen LogP contribution in [0.3, 0.4) is 0 Å². The smallest absolute Gasteiger partial charge is 0.422 e. The average Bonchev–Trinajstić information content (AvgIpc) is 2.76. The highest BCUT2D eigenvalue weighted by Gasteiger charge is 2.47. The third-order valence-corrected chi connectivity index (χ3v) is 4.91. The molecule has 0 fully saturated rings. The van der Waals surface area contributed by atoms with Crippen molar-refractivity contribution in [1.29, 1.82) is 0 Å². The molecule has 3 aromatic heterocycles. The molecule has 0 aliphatic carbocycles. The summed E-state index contributed by atoms with van der Waals surface area (Å²) in [5, 5.41) is 11.8. The lowest BCUT2D eigenvalue weighted by Gasteiger charge is -2.40. The van der Waals surface area contributed by atoms with E-state index in [0.717, 1.165) is 0 Å². The van der Waals surface area contributed by atoms with Gasteiger partial charge in [-0.15, -0.1) is 0 Å². The Balaban J connectivity index is 1.92. The van der Waals surface area contributed by atoms with Crippen LogP contribution in [0, 0.1) is 5.41 Å². The molecule has 0 bridgehead atoms. The van der Waals surface area contributed by atoms with Crippen LogP contribution < -0.4 is 9.47 Å². The first-order valence-corrected chi connectivity index (χ1v) is 9.65. The van der Waals surface area contributed by atoms with E-state index in [-0.39, 0.29) is 11.6 Å². The molecule has 3 aromatic rings. The summed E-state index contributed by atoms with van der Waals surface area (Å²) in [7, 11) is 1.46. The highest BCUT2D eigenvalue weighted by molar-refractivity contribution is 5.58. The highest BCUT2D eigenvalue weighted by Crippen LogP contribution is 2.46. The topological polar surface area (TPSA) is 90.3 Å². The second kappa shape index (κ2) is 8.70. The number of pyridine rings is 2. The maximum absolute atomic E-state index is 12.3. The maximum Gasteiger partial charge on any atom is 0.422 e. The molecule has 7 nitrogen and oxygen atoms in total. The van der Waals surface area contributed by atoms with Crippen LogP contribution in [-0.4, -0.2) is 44.9 Å². The van der Waals surface area contributed by atoms with Gasteiger partial charge < -0.3 is 14.6 Å². The van der Waals surface area contributed by atoms with Crippen molar-refractivity contribution in [2.75, 3.05) is 13.7 Å². The van der Waals surface area contributed by atoms with Crippen LogP contribution in [0.15, 0.2) is 49.2 Å². The number of rotatable bonds is 6. The summed E-state index contributed by atoms with van der Waals surface area (Å²) in [4.78, 5) is 16.7. The molecule has 32 heavy (non-hydrogen) atoms. The van der Waals surface area contributed by atoms with E-state index in [9.17, 15) is 18.3 Å². The monoisotopic (exact) mass is 448 g/mol. The first kappa shape index (κ1) is 23.4. The zero-order chi connectivity index (χ0) is 23.6. The number of nitrogens with zero attached hydrogens (tertiary/aromatic N) is 4. The molecule has 0 aliphatic rings. The first-order chi connectivity index (χ1) is 15.0. The van der Waals surface area contributed by atoms with Crippen LogP contribution in [0.5, 0.6) is 11.6 Å². The largest absolute Gasteiger partial charge is 0.483 e. The van der Waals surface area contributed by atoms with Crippen LogP contribution >= 0.6 is 0 Å². The van der Waals surface area contributed by atoms with Crippen molar-refractivity contribution < 1.29 is 27.8 Å². The fourth-order valence-corrected chi connectivity index (χ4v) is 3.22. The van der Waals surface area contributed by atoms with Gasteiger partial charge in [-0.1, -0.05) is 20.8 Å². The number of hydrogen-bond donors (Lipinski definition) is 1. The van der Waals surface area contributed by atoms with Gasteiger partial charge in [0.15, 0.2) is 6.61 Å². The third-order valence-electron chi connectivity index (χ3n) is 4.91. The number of methoxy groups -OCH3 is 1. The molecule has 0 aliphatic heterocycles. The Bertz CT molecular complexity index is 1050. The number of aliphatic hydroxyl groups is 1. The summed E-state index contributed by atoms with van der Waals surface area (Å²) in [6.07, 6.45) is 1.14. The Morgan fingerprint density at radius 3 is 2.22 bits per heavy atom. The predicted molar refractivity (Wildman–Crippen MR) is 110 cm³/mol. The Labute approximate surface area is 183 Å². The van der Waals surface area contributed by atoms with Crippen LogP contribution in [0.1, 0.15) is 32.0 Å². The number of halogens is 3. The van der Waals surface area contributed by atoms with Crippen LogP contribution in [-0.2, 0) is 5.60 Å². The zero-order valence-corrected chi connectivity index (χ0v) is 18.0. The fraction of sp³-hybridized carbons (Fsp3) is 0.364. The summed E-state index contributed by atoms with van der Waals surface area (Å²) in [5.74, 6) is 0.244. The van der Waals surface area contributed by atoms with Gasteiger partial charge in [0.25, 0.3) is 0 Å². The molecule has 1 atom stereocenters. The molecule has 3 rings (SSSR count). The van der Waals surface area contributed by atoms with E-state index in [0.29, 0.717) is 22.5 Å². The standard InChI is InChI=1S/C22H23F3N4O3/c1-20(2,3)22(30,16-11-26-13-29-19(16)31-4)18-8-5-14(9-28-18)17-7-6-15(10-27-17)32-12-21(23,24)25/h5-11,13,30H,12H2,1-4H3. The lowest BCUT2D eigenvalue weighted by atomic mass is 9.70. The van der Waals surface area contributed by atoms with E-state index in [1.807, 2.05) is 20.8 Å². The quantitative estimate of drug-likeness (QED) is 0.605. The van der Waals surface area contributed by atoms with E-state index in [1.165, 1.54) is 44.2 Å². The SMILES string of the molecule is COc1ncncc1C(O)(c1ccc(-c2ccc(OCC(F)(F)F)cn2)cn1)C(C)(C)C. The van der Waals surface area contributed by atoms with Gasteiger partial charge >= 0.3 is 6.18 Å². The van der Waals surface area contributed by atoms with Crippen LogP contribution in [0.4, 0.5) is 13.2 Å². The van der Waals surface area contributed by atoms with E-state index in [1.54, 1.807) is 12.1 Å². The van der Waals surface area contributed by atoms with E-state index in [4.69, 9.17) is 4.74 Å². The summed E-state index contributed by atoms with van der Waals surface area (Å²) in [5.41, 5.74) is -0.436. The van der Waals surface area contributed by atoms with Crippen molar-refractivity contribution in [2.24, 2.45) is 5.41 Å². The van der Waals surface area contributed by atoms with Crippen LogP contribution in [0.25, 0.3) is 11.3 Å². The molecule has 0 radical (unpaired) electrons. The molecule has 10 heteroatoms. The predicted octanol–water partition coefficient (Wildman–Crippen LogP) is 4.17. The summed E-state index contributed by atoms with van der Waals surface area (Å²) in [6.45, 7) is 4.19. The Morgan fingerprint density at radius 2 is 1.69 bits per heavy atom. The van der Waals surface area contributed by atoms with Gasteiger partial charge in [-0.05, 0) is 24.3 Å². The second-order valence-corrected chi connectivity index (χ2v) is 8.12. The normalized spacial score (nSPS) is 14.0. The van der Waals surface area contributed by atoms with Crippen molar-refractivity contribution in [1.82, 2.24) is 19.9 Å². The van der Waals surface area contributed by atoms with Crippen molar-refractivity contribution in [3.8, 4) is 22.9 Å². The maximum atomic E-state index is 12.3. The van der Waals surface area contributed by atoms with Gasteiger partial charge in [0.2, 0.25) is 5.88 Å². The Morgan fingerprint density at radius 1 is 0.938 bits per heavy atom. The highest BCUT2D eigenvalue weighted by atomic mass is 19.4. The molecule has 0 spiro atoms. The zero-order valence-electron chi connectivity index (χ0n) is 18.0. The molecular formula is C22H23F3N4O3. The molecule has 0 aromatic carbocycles. The summed E-state index contributed by atoms with van der Waals surface area (Å²) < 4.78 is 46.8. The van der Waals surface area contributed by atoms with Gasteiger partial charge in [0.05, 0.1) is 30.3 Å². The molecule has 170 valence electrons. The number of ether oxygens (including phenoxy) is 2. The van der Waals surface area contributed by atoms with E-state index < -0.39 is 23.8 Å². The Kier molecular flexibility index (Phi) is 6.36. The summed E-state index contributed by atoms with van der Waals surface area (Å²) in [6, 6.07) is 6.31. The fourth-order valence-electron chi connectivity index (χ4n) is 3.22. The van der Waals surface area contributed by atoms with Gasteiger partial charge in [-0.3, -0.25) is 9.97 Å². The van der Waals surface area contributed by atoms with Crippen LogP contribution in [0.2, 0.25) is 0 Å². The number of alkyl halides is 3. The van der Waals surface area contributed by atoms with Gasteiger partial charge in [-0.25, -0.2) is 9.97 Å². The third kappa shape index (κ3) is 4.80. The van der Waals surface area contributed by atoms with Gasteiger partial charge in [0, 0.05) is 23.4 Å². The minimum Gasteiger partial charge on any atom is -0.483 e. The van der Waals surface area contributed by atoms with Crippen molar-refractivity contribution in [3.05, 3.63) is 60.4 Å². The average molecular weight is 448 g/mol. The van der Waals surface area contributed by atoms with E-state index >= 15 is 0 Å². The van der Waals surface area contributed by atoms with Crippen molar-refractivity contribution >= 4 is 0 Å². The van der Waals surface area contributed by atoms with Gasteiger partial charge in [-0.2, -0.15) is 13.2 Å². The molecule has 1 N–H and O–H groups in total. The van der Waals surface area contributed by atoms with Gasteiger partial charge in [0.1, 0.15) is 17.7 Å². The minimum atomic E-state index is -4.42. The molecule has 0 saturated carbocycles. The molecule has 0 saturated heterocycles. The minimum absolute atomic E-state index is 0.00827. The number of aromatic nitrogens is 4. The van der Waals surface area contributed by atoms with Crippen molar-refractivity contribution in [2.45, 2.75) is 32.5 Å². The molecular weight excluding hydrogens is 425 g/mol. The Hall–Kier alpha value is -3.27. The lowest BCUT2D eigenvalue weighted by Crippen LogP contribution is -2.42. The number of hydrogen-bond acceptors (Lipinski definition) is 7. The first-order valence-electron chi connectivity index (χ1n) is 9.65.